The molecule has 0 aliphatic rings. The molecule has 39 heavy (non-hydrogen) atoms. The van der Waals surface area contributed by atoms with E-state index in [4.69, 9.17) is 5.11 Å². The molecular weight excluding hydrogens is 504 g/mol. The van der Waals surface area contributed by atoms with Crippen molar-refractivity contribution in [1.82, 2.24) is 9.62 Å². The van der Waals surface area contributed by atoms with E-state index in [-0.39, 0.29) is 5.54 Å². The molecule has 0 saturated heterocycles. The second-order valence-corrected chi connectivity index (χ2v) is 11.8. The minimum atomic E-state index is -0.962. The highest BCUT2D eigenvalue weighted by Crippen LogP contribution is 2.27. The molecule has 4 aromatic rings. The van der Waals surface area contributed by atoms with Crippen LogP contribution in [-0.2, 0) is 11.2 Å². The lowest BCUT2D eigenvalue weighted by atomic mass is 9.93. The predicted molar refractivity (Wildman–Crippen MR) is 163 cm³/mol. The average Bonchev–Trinajstić information content (AvgIpc) is 2.91. The minimum Gasteiger partial charge on any atom is -0.478 e. The van der Waals surface area contributed by atoms with Crippen LogP contribution in [0.15, 0.2) is 102 Å². The summed E-state index contributed by atoms with van der Waals surface area (Å²) in [6.07, 6.45) is 3.11. The molecule has 0 aliphatic heterocycles. The second-order valence-electron chi connectivity index (χ2n) is 10.5. The summed E-state index contributed by atoms with van der Waals surface area (Å²) in [5, 5.41) is 25.6. The Morgan fingerprint density at radius 1 is 0.949 bits per heavy atom. The Hall–Kier alpha value is -3.42. The van der Waals surface area contributed by atoms with Crippen molar-refractivity contribution in [2.45, 2.75) is 36.8 Å². The first-order chi connectivity index (χ1) is 18.7. The number of carbonyl (C=O) groups is 1. The van der Waals surface area contributed by atoms with E-state index in [1.807, 2.05) is 31.3 Å². The van der Waals surface area contributed by atoms with Gasteiger partial charge in [-0.25, -0.2) is 9.10 Å². The second kappa shape index (κ2) is 13.1. The maximum atomic E-state index is 10.8. The first-order valence-corrected chi connectivity index (χ1v) is 13.9. The summed E-state index contributed by atoms with van der Waals surface area (Å²) < 4.78 is 2.05. The summed E-state index contributed by atoms with van der Waals surface area (Å²) in [6, 6.07) is 31.0. The molecule has 3 N–H and O–H groups in total. The van der Waals surface area contributed by atoms with Gasteiger partial charge in [-0.15, -0.1) is 0 Å². The van der Waals surface area contributed by atoms with Gasteiger partial charge in [0.1, 0.15) is 0 Å². The van der Waals surface area contributed by atoms with E-state index >= 15 is 0 Å². The van der Waals surface area contributed by atoms with Crippen LogP contribution in [0.5, 0.6) is 0 Å². The number of benzene rings is 4. The number of fused-ring (bicyclic) bond motifs is 1. The number of aliphatic hydroxyl groups is 1. The smallest absolute Gasteiger partial charge is 0.328 e. The SMILES string of the molecule is CN(C[C@H](O)CNC(C)(C)Cc1ccc2ccccc2c1)Sc1ccc(-c2cccc(/C=C/C(=O)O)c2)cc1. The lowest BCUT2D eigenvalue weighted by Crippen LogP contribution is -2.46. The fourth-order valence-corrected chi connectivity index (χ4v) is 5.46. The number of rotatable bonds is 12. The Labute approximate surface area is 235 Å². The number of β-amino-alcohol motifs (C(OH)–C–C–N with tert-alkyl or cyclic N) is 1. The summed E-state index contributed by atoms with van der Waals surface area (Å²) in [7, 11) is 1.99. The molecule has 0 unspecified atom stereocenters. The quantitative estimate of drug-likeness (QED) is 0.140. The van der Waals surface area contributed by atoms with Crippen molar-refractivity contribution in [2.75, 3.05) is 20.1 Å². The monoisotopic (exact) mass is 540 g/mol. The van der Waals surface area contributed by atoms with E-state index in [9.17, 15) is 9.90 Å². The van der Waals surface area contributed by atoms with Crippen LogP contribution in [0, 0.1) is 0 Å². The molecule has 0 bridgehead atoms. The first-order valence-electron chi connectivity index (χ1n) is 13.1. The molecule has 0 saturated carbocycles. The van der Waals surface area contributed by atoms with Crippen molar-refractivity contribution in [3.05, 3.63) is 108 Å². The van der Waals surface area contributed by atoms with Gasteiger partial charge in [-0.2, -0.15) is 0 Å². The van der Waals surface area contributed by atoms with Crippen molar-refractivity contribution in [3.8, 4) is 11.1 Å². The van der Waals surface area contributed by atoms with Crippen LogP contribution in [0.4, 0.5) is 0 Å². The van der Waals surface area contributed by atoms with Gasteiger partial charge < -0.3 is 15.5 Å². The van der Waals surface area contributed by atoms with E-state index in [2.05, 4.69) is 90.2 Å². The number of nitrogens with zero attached hydrogens (tertiary/aromatic N) is 1. The molecule has 4 rings (SSSR count). The zero-order chi connectivity index (χ0) is 27.8. The molecule has 1 atom stereocenters. The first kappa shape index (κ1) is 28.6. The van der Waals surface area contributed by atoms with Gasteiger partial charge >= 0.3 is 5.97 Å². The minimum absolute atomic E-state index is 0.147. The van der Waals surface area contributed by atoms with Crippen LogP contribution in [0.1, 0.15) is 25.0 Å². The van der Waals surface area contributed by atoms with E-state index in [0.717, 1.165) is 34.1 Å². The fourth-order valence-electron chi connectivity index (χ4n) is 4.59. The third-order valence-corrected chi connectivity index (χ3v) is 7.44. The molecule has 5 nitrogen and oxygen atoms in total. The molecule has 6 heteroatoms. The van der Waals surface area contributed by atoms with E-state index in [0.29, 0.717) is 13.1 Å². The van der Waals surface area contributed by atoms with Crippen molar-refractivity contribution in [1.29, 1.82) is 0 Å². The summed E-state index contributed by atoms with van der Waals surface area (Å²) >= 11 is 1.60. The van der Waals surface area contributed by atoms with Gasteiger partial charge in [0.25, 0.3) is 0 Å². The number of nitrogens with one attached hydrogen (secondary N) is 1. The highest BCUT2D eigenvalue weighted by molar-refractivity contribution is 7.97. The van der Waals surface area contributed by atoms with Gasteiger partial charge in [0.15, 0.2) is 0 Å². The van der Waals surface area contributed by atoms with Crippen molar-refractivity contribution < 1.29 is 15.0 Å². The van der Waals surface area contributed by atoms with Crippen molar-refractivity contribution >= 4 is 34.8 Å². The molecule has 0 fully saturated rings. The summed E-state index contributed by atoms with van der Waals surface area (Å²) in [5.74, 6) is -0.962. The molecule has 0 amide bonds. The number of aliphatic carboxylic acids is 1. The van der Waals surface area contributed by atoms with Crippen LogP contribution < -0.4 is 5.32 Å². The van der Waals surface area contributed by atoms with Gasteiger partial charge in [0.2, 0.25) is 0 Å². The maximum absolute atomic E-state index is 10.8. The van der Waals surface area contributed by atoms with Crippen LogP contribution in [0.2, 0.25) is 0 Å². The standard InChI is InChI=1S/C33H36N2O3S/c1-33(2,21-25-11-13-26-8-4-5-9-28(26)20-25)34-22-30(36)23-35(3)39-31-16-14-27(15-17-31)29-10-6-7-24(19-29)12-18-32(37)38/h4-20,30,34,36H,21-23H2,1-3H3,(H,37,38)/b18-12+/t30-/m1/s1. The zero-order valence-electron chi connectivity index (χ0n) is 22.7. The molecule has 0 aliphatic carbocycles. The van der Waals surface area contributed by atoms with E-state index in [1.165, 1.54) is 16.3 Å². The molecule has 0 spiro atoms. The average molecular weight is 541 g/mol. The zero-order valence-corrected chi connectivity index (χ0v) is 23.5. The summed E-state index contributed by atoms with van der Waals surface area (Å²) in [6.45, 7) is 5.39. The van der Waals surface area contributed by atoms with Gasteiger partial charge in [-0.05, 0) is 96.6 Å². The highest BCUT2D eigenvalue weighted by Gasteiger charge is 2.20. The predicted octanol–water partition coefficient (Wildman–Crippen LogP) is 6.52. The van der Waals surface area contributed by atoms with Crippen LogP contribution in [0.3, 0.4) is 0 Å². The van der Waals surface area contributed by atoms with Crippen LogP contribution in [0.25, 0.3) is 28.0 Å². The topological polar surface area (TPSA) is 72.8 Å². The number of carboxylic acid groups (broad SMARTS) is 1. The third kappa shape index (κ3) is 8.80. The molecule has 4 aromatic carbocycles. The van der Waals surface area contributed by atoms with E-state index in [1.54, 1.807) is 18.0 Å². The van der Waals surface area contributed by atoms with Gasteiger partial charge in [0, 0.05) is 29.6 Å². The molecule has 0 aromatic heterocycles. The molecule has 0 radical (unpaired) electrons. The lowest BCUT2D eigenvalue weighted by Gasteiger charge is -2.29. The van der Waals surface area contributed by atoms with E-state index < -0.39 is 12.1 Å². The van der Waals surface area contributed by atoms with Crippen LogP contribution >= 0.6 is 11.9 Å². The van der Waals surface area contributed by atoms with Gasteiger partial charge in [0.05, 0.1) is 6.10 Å². The highest BCUT2D eigenvalue weighted by atomic mass is 32.2. The maximum Gasteiger partial charge on any atom is 0.328 e. The Balaban J connectivity index is 1.26. The molecule has 202 valence electrons. The van der Waals surface area contributed by atoms with Gasteiger partial charge in [-0.3, -0.25) is 0 Å². The number of carboxylic acids is 1. The van der Waals surface area contributed by atoms with Crippen LogP contribution in [-0.4, -0.2) is 52.3 Å². The fraction of sp³-hybridized carbons (Fsp3) is 0.242. The third-order valence-electron chi connectivity index (χ3n) is 6.50. The normalized spacial score (nSPS) is 12.8. The summed E-state index contributed by atoms with van der Waals surface area (Å²) in [5.41, 5.74) is 4.06. The lowest BCUT2D eigenvalue weighted by molar-refractivity contribution is -0.131. The number of hydrogen-bond donors (Lipinski definition) is 3. The Kier molecular flexibility index (Phi) is 9.59. The molecular formula is C33H36N2O3S. The number of hydrogen-bond acceptors (Lipinski definition) is 5. The number of likely N-dealkylation sites (N-methyl/N-ethyl adjacent to an activating group) is 1. The Bertz CT molecular complexity index is 1430. The molecule has 0 heterocycles. The Morgan fingerprint density at radius 2 is 1.69 bits per heavy atom. The van der Waals surface area contributed by atoms with Gasteiger partial charge in [-0.1, -0.05) is 72.8 Å². The Morgan fingerprint density at radius 3 is 2.44 bits per heavy atom. The largest absolute Gasteiger partial charge is 0.478 e. The number of aliphatic hydroxyl groups excluding tert-OH is 1. The van der Waals surface area contributed by atoms with Crippen molar-refractivity contribution in [2.24, 2.45) is 0 Å². The summed E-state index contributed by atoms with van der Waals surface area (Å²) in [4.78, 5) is 11.9. The van der Waals surface area contributed by atoms with Crippen molar-refractivity contribution in [3.63, 3.8) is 0 Å².